The summed E-state index contributed by atoms with van der Waals surface area (Å²) in [5, 5.41) is 8.29. The number of amides is 1. The van der Waals surface area contributed by atoms with Gasteiger partial charge in [0.25, 0.3) is 5.91 Å². The summed E-state index contributed by atoms with van der Waals surface area (Å²) in [4.78, 5) is 13.0. The Morgan fingerprint density at radius 1 is 1.29 bits per heavy atom. The van der Waals surface area contributed by atoms with Gasteiger partial charge in [-0.1, -0.05) is 49.0 Å². The van der Waals surface area contributed by atoms with Crippen molar-refractivity contribution in [2.75, 3.05) is 0 Å². The summed E-state index contributed by atoms with van der Waals surface area (Å²) in [6, 6.07) is 5.72. The Kier molecular flexibility index (Phi) is 5.65. The van der Waals surface area contributed by atoms with Crippen molar-refractivity contribution in [3.63, 3.8) is 0 Å². The number of hydrogen-bond acceptors (Lipinski definition) is 3. The zero-order valence-corrected chi connectivity index (χ0v) is 16.3. The molecule has 0 radical (unpaired) electrons. The van der Waals surface area contributed by atoms with E-state index in [2.05, 4.69) is 17.6 Å². The molecule has 2 atom stereocenters. The molecule has 1 aliphatic rings. The van der Waals surface area contributed by atoms with Gasteiger partial charge in [0, 0.05) is 21.2 Å². The quantitative estimate of drug-likeness (QED) is 0.663. The molecule has 24 heavy (non-hydrogen) atoms. The topological polar surface area (TPSA) is 41.1 Å². The van der Waals surface area contributed by atoms with Crippen molar-refractivity contribution in [3.8, 4) is 0 Å². The third-order valence-electron chi connectivity index (χ3n) is 4.45. The average molecular weight is 401 g/mol. The van der Waals surface area contributed by atoms with Gasteiger partial charge >= 0.3 is 0 Å². The minimum Gasteiger partial charge on any atom is -0.359 e. The van der Waals surface area contributed by atoms with E-state index < -0.39 is 0 Å². The minimum absolute atomic E-state index is 0.279. The van der Waals surface area contributed by atoms with Crippen LogP contribution >= 0.6 is 46.8 Å². The van der Waals surface area contributed by atoms with Gasteiger partial charge in [0.1, 0.15) is 4.88 Å². The normalized spacial score (nSPS) is 20.8. The summed E-state index contributed by atoms with van der Waals surface area (Å²) in [5.74, 6) is 0.280. The summed E-state index contributed by atoms with van der Waals surface area (Å²) in [6.07, 6.45) is 4.73. The molecule has 1 saturated carbocycles. The first-order valence-corrected chi connectivity index (χ1v) is 9.93. The lowest BCUT2D eigenvalue weighted by Crippen LogP contribution is -2.47. The van der Waals surface area contributed by atoms with Gasteiger partial charge in [-0.3, -0.25) is 10.1 Å². The molecule has 0 aliphatic heterocycles. The Morgan fingerprint density at radius 2 is 2.04 bits per heavy atom. The summed E-state index contributed by atoms with van der Waals surface area (Å²) in [6.45, 7) is 2.22. The molecule has 1 aliphatic carbocycles. The summed E-state index contributed by atoms with van der Waals surface area (Å²) < 4.78 is 0.887. The average Bonchev–Trinajstić information content (AvgIpc) is 2.86. The van der Waals surface area contributed by atoms with Gasteiger partial charge in [-0.2, -0.15) is 0 Å². The first kappa shape index (κ1) is 17.9. The van der Waals surface area contributed by atoms with E-state index in [1.54, 1.807) is 6.07 Å². The van der Waals surface area contributed by atoms with Crippen molar-refractivity contribution in [2.45, 2.75) is 38.6 Å². The molecule has 2 N–H and O–H groups in total. The summed E-state index contributed by atoms with van der Waals surface area (Å²) >= 11 is 19.0. The van der Waals surface area contributed by atoms with E-state index in [4.69, 9.17) is 35.4 Å². The zero-order chi connectivity index (χ0) is 17.3. The van der Waals surface area contributed by atoms with Crippen LogP contribution in [0.4, 0.5) is 0 Å². The smallest absolute Gasteiger partial charge is 0.269 e. The van der Waals surface area contributed by atoms with Crippen LogP contribution < -0.4 is 10.6 Å². The van der Waals surface area contributed by atoms with Crippen LogP contribution in [-0.2, 0) is 0 Å². The van der Waals surface area contributed by atoms with Gasteiger partial charge in [0.2, 0.25) is 0 Å². The second-order valence-corrected chi connectivity index (χ2v) is 8.46. The Hall–Kier alpha value is -0.880. The van der Waals surface area contributed by atoms with Crippen LogP contribution in [0.5, 0.6) is 0 Å². The molecular formula is C17H18Cl2N2OS2. The van der Waals surface area contributed by atoms with E-state index in [-0.39, 0.29) is 5.91 Å². The number of carbonyl (C=O) groups is 1. The molecule has 1 aromatic carbocycles. The van der Waals surface area contributed by atoms with Gasteiger partial charge in [-0.05, 0) is 43.1 Å². The maximum Gasteiger partial charge on any atom is 0.269 e. The van der Waals surface area contributed by atoms with E-state index in [0.29, 0.717) is 32.0 Å². The lowest BCUT2D eigenvalue weighted by molar-refractivity contribution is 0.0980. The van der Waals surface area contributed by atoms with Gasteiger partial charge < -0.3 is 5.32 Å². The van der Waals surface area contributed by atoms with Gasteiger partial charge in [0.05, 0.1) is 5.02 Å². The molecular weight excluding hydrogens is 383 g/mol. The van der Waals surface area contributed by atoms with Crippen LogP contribution in [0.15, 0.2) is 18.2 Å². The summed E-state index contributed by atoms with van der Waals surface area (Å²) in [7, 11) is 0. The fourth-order valence-electron chi connectivity index (χ4n) is 3.08. The van der Waals surface area contributed by atoms with Gasteiger partial charge in [-0.15, -0.1) is 11.3 Å². The van der Waals surface area contributed by atoms with Crippen molar-refractivity contribution >= 4 is 67.9 Å². The highest BCUT2D eigenvalue weighted by molar-refractivity contribution is 7.80. The van der Waals surface area contributed by atoms with Gasteiger partial charge in [-0.25, -0.2) is 0 Å². The highest BCUT2D eigenvalue weighted by Crippen LogP contribution is 2.36. The Bertz CT molecular complexity index is 790. The molecule has 1 amide bonds. The SMILES string of the molecule is CC1CCCCC1NC(=S)NC(=O)c1sc2cc(Cl)ccc2c1Cl. The Labute approximate surface area is 160 Å². The van der Waals surface area contributed by atoms with Crippen molar-refractivity contribution in [3.05, 3.63) is 33.1 Å². The third kappa shape index (κ3) is 3.85. The van der Waals surface area contributed by atoms with Crippen molar-refractivity contribution in [2.24, 2.45) is 5.92 Å². The molecule has 2 aromatic rings. The van der Waals surface area contributed by atoms with Crippen molar-refractivity contribution in [1.82, 2.24) is 10.6 Å². The standard InChI is InChI=1S/C17H18Cl2N2OS2/c1-9-4-2-3-5-12(9)20-17(23)21-16(22)15-14(19)11-7-6-10(18)8-13(11)24-15/h6-9,12H,2-5H2,1H3,(H2,20,21,22,23). The molecule has 0 bridgehead atoms. The van der Waals surface area contributed by atoms with E-state index in [1.165, 1.54) is 30.6 Å². The number of fused-ring (bicyclic) bond motifs is 1. The molecule has 1 heterocycles. The number of benzene rings is 1. The molecule has 1 fully saturated rings. The number of rotatable bonds is 2. The highest BCUT2D eigenvalue weighted by atomic mass is 35.5. The fourth-order valence-corrected chi connectivity index (χ4v) is 5.01. The van der Waals surface area contributed by atoms with E-state index in [1.807, 2.05) is 12.1 Å². The second-order valence-electron chi connectivity index (χ2n) is 6.18. The first-order chi connectivity index (χ1) is 11.5. The van der Waals surface area contributed by atoms with Crippen LogP contribution in [0, 0.1) is 5.92 Å². The predicted molar refractivity (Wildman–Crippen MR) is 106 cm³/mol. The number of thiocarbonyl (C=S) groups is 1. The Balaban J connectivity index is 1.70. The molecule has 0 saturated heterocycles. The predicted octanol–water partition coefficient (Wildman–Crippen LogP) is 5.39. The maximum absolute atomic E-state index is 12.5. The molecule has 3 nitrogen and oxygen atoms in total. The van der Waals surface area contributed by atoms with Crippen LogP contribution in [-0.4, -0.2) is 17.1 Å². The fraction of sp³-hybridized carbons (Fsp3) is 0.412. The molecule has 0 spiro atoms. The third-order valence-corrected chi connectivity index (χ3v) is 6.56. The lowest BCUT2D eigenvalue weighted by Gasteiger charge is -2.30. The number of thiophene rings is 1. The summed E-state index contributed by atoms with van der Waals surface area (Å²) in [5.41, 5.74) is 0. The number of nitrogens with one attached hydrogen (secondary N) is 2. The molecule has 128 valence electrons. The van der Waals surface area contributed by atoms with E-state index >= 15 is 0 Å². The minimum atomic E-state index is -0.279. The highest BCUT2D eigenvalue weighted by Gasteiger charge is 2.23. The monoisotopic (exact) mass is 400 g/mol. The number of carbonyl (C=O) groups excluding carboxylic acids is 1. The molecule has 1 aromatic heterocycles. The Morgan fingerprint density at radius 3 is 2.79 bits per heavy atom. The lowest BCUT2D eigenvalue weighted by atomic mass is 9.86. The first-order valence-electron chi connectivity index (χ1n) is 7.95. The zero-order valence-electron chi connectivity index (χ0n) is 13.2. The van der Waals surface area contributed by atoms with Crippen LogP contribution in [0.2, 0.25) is 10.0 Å². The number of hydrogen-bond donors (Lipinski definition) is 2. The van der Waals surface area contributed by atoms with Crippen LogP contribution in [0.1, 0.15) is 42.3 Å². The van der Waals surface area contributed by atoms with Crippen molar-refractivity contribution in [1.29, 1.82) is 0 Å². The number of halogens is 2. The van der Waals surface area contributed by atoms with Crippen LogP contribution in [0.25, 0.3) is 10.1 Å². The van der Waals surface area contributed by atoms with E-state index in [9.17, 15) is 4.79 Å². The molecule has 7 heteroatoms. The van der Waals surface area contributed by atoms with Crippen LogP contribution in [0.3, 0.4) is 0 Å². The second kappa shape index (κ2) is 7.56. The van der Waals surface area contributed by atoms with Gasteiger partial charge in [0.15, 0.2) is 5.11 Å². The van der Waals surface area contributed by atoms with Crippen molar-refractivity contribution < 1.29 is 4.79 Å². The maximum atomic E-state index is 12.5. The molecule has 2 unspecified atom stereocenters. The largest absolute Gasteiger partial charge is 0.359 e. The van der Waals surface area contributed by atoms with E-state index in [0.717, 1.165) is 16.5 Å². The molecule has 3 rings (SSSR count).